The Hall–Kier alpha value is -4.46. The van der Waals surface area contributed by atoms with E-state index in [0.717, 1.165) is 51.4 Å². The van der Waals surface area contributed by atoms with Crippen molar-refractivity contribution in [3.8, 4) is 0 Å². The molecule has 5 aromatic rings. The molecule has 0 radical (unpaired) electrons. The number of hydrogen-bond acceptors (Lipinski definition) is 5. The molecule has 52 heavy (non-hydrogen) atoms. The minimum atomic E-state index is -0.391. The Morgan fingerprint density at radius 2 is 1.29 bits per heavy atom. The minimum absolute atomic E-state index is 0.148. The molecular formula is C44H58N4O4. The number of carbonyl (C=O) groups excluding carboxylic acids is 2. The molecule has 1 heterocycles. The topological polar surface area (TPSA) is 113 Å². The van der Waals surface area contributed by atoms with E-state index in [1.54, 1.807) is 6.20 Å². The number of aromatic amines is 1. The number of amides is 2. The van der Waals surface area contributed by atoms with E-state index in [0.29, 0.717) is 31.6 Å². The van der Waals surface area contributed by atoms with Crippen LogP contribution in [-0.4, -0.2) is 35.1 Å². The van der Waals surface area contributed by atoms with Crippen LogP contribution in [0.2, 0.25) is 0 Å². The molecule has 0 aliphatic carbocycles. The maximum absolute atomic E-state index is 12.5. The SMILES string of the molecule is CCCCCCCCCCCCCc1cnc(NC(=O)NCCCCCCOC(=O)CCCc2ccc3ccc4cccc5ccc2c3c45)[nH]c1=O. The van der Waals surface area contributed by atoms with Gasteiger partial charge in [0.15, 0.2) is 0 Å². The van der Waals surface area contributed by atoms with Crippen molar-refractivity contribution in [3.05, 3.63) is 82.3 Å². The summed E-state index contributed by atoms with van der Waals surface area (Å²) in [5.74, 6) is 0.00717. The first kappa shape index (κ1) is 38.8. The molecule has 0 saturated heterocycles. The number of H-pyrrole nitrogens is 1. The largest absolute Gasteiger partial charge is 0.466 e. The molecule has 0 aliphatic rings. The van der Waals surface area contributed by atoms with E-state index in [9.17, 15) is 14.4 Å². The van der Waals surface area contributed by atoms with Crippen LogP contribution in [0.4, 0.5) is 10.7 Å². The number of nitrogens with zero attached hydrogens (tertiary/aromatic N) is 1. The van der Waals surface area contributed by atoms with Crippen LogP contribution in [0.5, 0.6) is 0 Å². The van der Waals surface area contributed by atoms with Crippen LogP contribution in [0.15, 0.2) is 65.6 Å². The molecule has 3 N–H and O–H groups in total. The fourth-order valence-electron chi connectivity index (χ4n) is 7.27. The predicted octanol–water partition coefficient (Wildman–Crippen LogP) is 10.8. The Kier molecular flexibility index (Phi) is 15.8. The van der Waals surface area contributed by atoms with Gasteiger partial charge in [0.1, 0.15) is 0 Å². The first-order chi connectivity index (χ1) is 25.5. The third-order valence-corrected chi connectivity index (χ3v) is 10.2. The molecule has 2 amide bonds. The van der Waals surface area contributed by atoms with Gasteiger partial charge in [0, 0.05) is 24.7 Å². The van der Waals surface area contributed by atoms with Crippen molar-refractivity contribution in [1.29, 1.82) is 0 Å². The fraction of sp³-hybridized carbons (Fsp3) is 0.500. The predicted molar refractivity (Wildman–Crippen MR) is 215 cm³/mol. The molecule has 5 rings (SSSR count). The van der Waals surface area contributed by atoms with Crippen LogP contribution in [-0.2, 0) is 22.4 Å². The van der Waals surface area contributed by atoms with Gasteiger partial charge in [-0.15, -0.1) is 0 Å². The Morgan fingerprint density at radius 3 is 2.02 bits per heavy atom. The molecule has 0 atom stereocenters. The molecule has 4 aromatic carbocycles. The van der Waals surface area contributed by atoms with Crippen LogP contribution in [0.3, 0.4) is 0 Å². The van der Waals surface area contributed by atoms with Crippen molar-refractivity contribution < 1.29 is 14.3 Å². The number of aryl methyl sites for hydroxylation is 2. The van der Waals surface area contributed by atoms with E-state index in [4.69, 9.17) is 4.74 Å². The summed E-state index contributed by atoms with van der Waals surface area (Å²) in [6, 6.07) is 19.3. The van der Waals surface area contributed by atoms with E-state index in [1.807, 2.05) is 0 Å². The molecule has 0 unspecified atom stereocenters. The summed E-state index contributed by atoms with van der Waals surface area (Å²) in [7, 11) is 0. The number of hydrogen-bond donors (Lipinski definition) is 3. The summed E-state index contributed by atoms with van der Waals surface area (Å²) in [5, 5.41) is 13.1. The Balaban J connectivity index is 0.870. The number of unbranched alkanes of at least 4 members (excludes halogenated alkanes) is 13. The smallest absolute Gasteiger partial charge is 0.321 e. The lowest BCUT2D eigenvalue weighted by Crippen LogP contribution is -2.31. The van der Waals surface area contributed by atoms with Crippen molar-refractivity contribution in [2.24, 2.45) is 0 Å². The maximum atomic E-state index is 12.5. The van der Waals surface area contributed by atoms with E-state index in [-0.39, 0.29) is 17.5 Å². The number of esters is 1. The average molecular weight is 707 g/mol. The summed E-state index contributed by atoms with van der Waals surface area (Å²) >= 11 is 0. The van der Waals surface area contributed by atoms with Crippen molar-refractivity contribution in [2.45, 2.75) is 129 Å². The zero-order valence-electron chi connectivity index (χ0n) is 31.2. The van der Waals surface area contributed by atoms with E-state index >= 15 is 0 Å². The monoisotopic (exact) mass is 706 g/mol. The van der Waals surface area contributed by atoms with Crippen LogP contribution < -0.4 is 16.2 Å². The van der Waals surface area contributed by atoms with Crippen LogP contribution in [0, 0.1) is 0 Å². The van der Waals surface area contributed by atoms with E-state index < -0.39 is 6.03 Å². The highest BCUT2D eigenvalue weighted by Gasteiger charge is 2.12. The Bertz CT molecular complexity index is 1890. The summed E-state index contributed by atoms with van der Waals surface area (Å²) in [5.41, 5.74) is 1.74. The van der Waals surface area contributed by atoms with Crippen molar-refractivity contribution >= 4 is 50.3 Å². The van der Waals surface area contributed by atoms with Crippen molar-refractivity contribution in [2.75, 3.05) is 18.5 Å². The lowest BCUT2D eigenvalue weighted by atomic mass is 9.90. The van der Waals surface area contributed by atoms with Gasteiger partial charge in [-0.25, -0.2) is 9.78 Å². The zero-order chi connectivity index (χ0) is 36.4. The zero-order valence-corrected chi connectivity index (χ0v) is 31.2. The molecule has 0 spiro atoms. The van der Waals surface area contributed by atoms with Gasteiger partial charge in [0.2, 0.25) is 5.95 Å². The molecule has 0 saturated carbocycles. The minimum Gasteiger partial charge on any atom is -0.466 e. The fourth-order valence-corrected chi connectivity index (χ4v) is 7.27. The van der Waals surface area contributed by atoms with Gasteiger partial charge in [-0.2, -0.15) is 0 Å². The third-order valence-electron chi connectivity index (χ3n) is 10.2. The lowest BCUT2D eigenvalue weighted by molar-refractivity contribution is -0.143. The van der Waals surface area contributed by atoms with Gasteiger partial charge >= 0.3 is 12.0 Å². The molecule has 8 nitrogen and oxygen atoms in total. The molecular weight excluding hydrogens is 649 g/mol. The van der Waals surface area contributed by atoms with E-state index in [1.165, 1.54) is 95.7 Å². The quantitative estimate of drug-likeness (QED) is 0.0336. The standard InChI is InChI=1S/C44H58N4O4/c1-2-3-4-5-6-7-8-9-10-11-14-19-37-32-46-43(47-42(37)50)48-44(51)45-30-15-12-13-16-31-52-39(49)23-18-20-33-24-25-36-27-26-34-21-17-22-35-28-29-38(33)41(36)40(34)35/h17,21-22,24-29,32H,2-16,18-20,23,30-31H2,1H3,(H3,45,46,47,48,50,51). The molecule has 0 bridgehead atoms. The summed E-state index contributed by atoms with van der Waals surface area (Å²) in [4.78, 5) is 44.1. The number of ether oxygens (including phenoxy) is 1. The molecule has 0 aliphatic heterocycles. The van der Waals surface area contributed by atoms with Crippen LogP contribution in [0.1, 0.15) is 127 Å². The Morgan fingerprint density at radius 1 is 0.673 bits per heavy atom. The normalized spacial score (nSPS) is 11.5. The second-order valence-corrected chi connectivity index (χ2v) is 14.3. The van der Waals surface area contributed by atoms with Gasteiger partial charge < -0.3 is 10.1 Å². The Labute approximate surface area is 308 Å². The van der Waals surface area contributed by atoms with Gasteiger partial charge in [-0.05, 0) is 82.8 Å². The number of urea groups is 1. The third kappa shape index (κ3) is 11.8. The number of aromatic nitrogens is 2. The summed E-state index contributed by atoms with van der Waals surface area (Å²) in [6.45, 7) is 3.18. The molecule has 278 valence electrons. The number of rotatable bonds is 24. The average Bonchev–Trinajstić information content (AvgIpc) is 3.15. The summed E-state index contributed by atoms with van der Waals surface area (Å²) < 4.78 is 5.49. The van der Waals surface area contributed by atoms with Gasteiger partial charge in [0.05, 0.1) is 6.61 Å². The number of nitrogens with one attached hydrogen (secondary N) is 3. The van der Waals surface area contributed by atoms with Crippen LogP contribution >= 0.6 is 0 Å². The second-order valence-electron chi connectivity index (χ2n) is 14.3. The maximum Gasteiger partial charge on any atom is 0.321 e. The summed E-state index contributed by atoms with van der Waals surface area (Å²) in [6.07, 6.45) is 21.6. The highest BCUT2D eigenvalue weighted by atomic mass is 16.5. The highest BCUT2D eigenvalue weighted by Crippen LogP contribution is 2.36. The van der Waals surface area contributed by atoms with Crippen LogP contribution in [0.25, 0.3) is 32.3 Å². The van der Waals surface area contributed by atoms with Gasteiger partial charge in [-0.3, -0.25) is 19.9 Å². The molecule has 0 fully saturated rings. The van der Waals surface area contributed by atoms with Crippen molar-refractivity contribution in [3.63, 3.8) is 0 Å². The number of benzene rings is 4. The number of carbonyl (C=O) groups is 2. The molecule has 1 aromatic heterocycles. The van der Waals surface area contributed by atoms with Gasteiger partial charge in [0.25, 0.3) is 5.56 Å². The number of anilines is 1. The molecule has 8 heteroatoms. The van der Waals surface area contributed by atoms with Crippen molar-refractivity contribution in [1.82, 2.24) is 15.3 Å². The lowest BCUT2D eigenvalue weighted by Gasteiger charge is -2.14. The van der Waals surface area contributed by atoms with Gasteiger partial charge in [-0.1, -0.05) is 132 Å². The highest BCUT2D eigenvalue weighted by molar-refractivity contribution is 6.23. The first-order valence-corrected chi connectivity index (χ1v) is 20.0. The first-order valence-electron chi connectivity index (χ1n) is 20.0. The van der Waals surface area contributed by atoms with E-state index in [2.05, 4.69) is 82.1 Å². The second kappa shape index (κ2) is 21.2.